The van der Waals surface area contributed by atoms with Gasteiger partial charge in [0.15, 0.2) is 5.96 Å². The quantitative estimate of drug-likeness (QED) is 0.440. The minimum absolute atomic E-state index is 0.104. The molecule has 0 aromatic carbocycles. The van der Waals surface area contributed by atoms with Gasteiger partial charge in [-0.05, 0) is 6.92 Å². The molecule has 0 aliphatic rings. The summed E-state index contributed by atoms with van der Waals surface area (Å²) in [4.78, 5) is 3.81. The lowest BCUT2D eigenvalue weighted by Gasteiger charge is -1.95. The second kappa shape index (κ2) is 3.70. The van der Waals surface area contributed by atoms with Crippen LogP contribution in [0.5, 0.6) is 0 Å². The first kappa shape index (κ1) is 8.51. The summed E-state index contributed by atoms with van der Waals surface area (Å²) in [6.07, 6.45) is 1.84. The Morgan fingerprint density at radius 3 is 2.92 bits per heavy atom. The van der Waals surface area contributed by atoms with Gasteiger partial charge in [-0.2, -0.15) is 0 Å². The van der Waals surface area contributed by atoms with E-state index in [0.717, 1.165) is 5.69 Å². The number of rotatable bonds is 3. The van der Waals surface area contributed by atoms with Gasteiger partial charge in [0.1, 0.15) is 0 Å². The third kappa shape index (κ3) is 2.57. The van der Waals surface area contributed by atoms with Crippen molar-refractivity contribution in [3.8, 4) is 0 Å². The summed E-state index contributed by atoms with van der Waals surface area (Å²) >= 11 is 0. The molecule has 4 N–H and O–H groups in total. The van der Waals surface area contributed by atoms with E-state index in [1.165, 1.54) is 0 Å². The highest BCUT2D eigenvalue weighted by Gasteiger charge is 1.93. The Labute approximate surface area is 70.3 Å². The van der Waals surface area contributed by atoms with Gasteiger partial charge in [0.05, 0.1) is 18.8 Å². The fourth-order valence-electron chi connectivity index (χ4n) is 0.786. The average Bonchev–Trinajstić information content (AvgIpc) is 2.35. The standard InChI is InChI=1S/C6H12N6/c1-5-4-12(11-10-5)3-2-9-6(7)8/h4H,2-3H2,1H3,(H4,7,8,9). The molecule has 0 atom stereocenters. The predicted molar refractivity (Wildman–Crippen MR) is 45.4 cm³/mol. The molecule has 0 aliphatic carbocycles. The molecule has 12 heavy (non-hydrogen) atoms. The van der Waals surface area contributed by atoms with E-state index < -0.39 is 0 Å². The van der Waals surface area contributed by atoms with Crippen molar-refractivity contribution in [3.05, 3.63) is 11.9 Å². The molecule has 0 bridgehead atoms. The minimum Gasteiger partial charge on any atom is -0.370 e. The van der Waals surface area contributed by atoms with Crippen LogP contribution in [0.1, 0.15) is 5.69 Å². The van der Waals surface area contributed by atoms with Crippen molar-refractivity contribution in [1.29, 1.82) is 0 Å². The zero-order valence-electron chi connectivity index (χ0n) is 6.94. The van der Waals surface area contributed by atoms with Gasteiger partial charge >= 0.3 is 0 Å². The number of hydrogen-bond acceptors (Lipinski definition) is 3. The maximum Gasteiger partial charge on any atom is 0.185 e. The maximum atomic E-state index is 5.14. The van der Waals surface area contributed by atoms with E-state index in [1.54, 1.807) is 4.68 Å². The van der Waals surface area contributed by atoms with Crippen molar-refractivity contribution in [2.75, 3.05) is 6.54 Å². The van der Waals surface area contributed by atoms with Crippen molar-refractivity contribution < 1.29 is 0 Å². The van der Waals surface area contributed by atoms with Gasteiger partial charge in [-0.1, -0.05) is 5.21 Å². The van der Waals surface area contributed by atoms with Gasteiger partial charge in [0.25, 0.3) is 0 Å². The lowest BCUT2D eigenvalue weighted by Crippen LogP contribution is -2.23. The maximum absolute atomic E-state index is 5.14. The summed E-state index contributed by atoms with van der Waals surface area (Å²) in [5.74, 6) is 0.104. The molecule has 1 heterocycles. The molecule has 1 rings (SSSR count). The van der Waals surface area contributed by atoms with Crippen LogP contribution in [-0.4, -0.2) is 27.5 Å². The average molecular weight is 168 g/mol. The van der Waals surface area contributed by atoms with E-state index in [-0.39, 0.29) is 5.96 Å². The highest BCUT2D eigenvalue weighted by atomic mass is 15.4. The Morgan fingerprint density at radius 1 is 1.67 bits per heavy atom. The van der Waals surface area contributed by atoms with Crippen LogP contribution in [0.3, 0.4) is 0 Å². The molecule has 1 aromatic heterocycles. The molecule has 6 nitrogen and oxygen atoms in total. The number of aromatic nitrogens is 3. The summed E-state index contributed by atoms with van der Waals surface area (Å²) in [7, 11) is 0. The van der Waals surface area contributed by atoms with Gasteiger partial charge in [0, 0.05) is 6.20 Å². The van der Waals surface area contributed by atoms with Crippen LogP contribution in [-0.2, 0) is 6.54 Å². The fourth-order valence-corrected chi connectivity index (χ4v) is 0.786. The van der Waals surface area contributed by atoms with Crippen molar-refractivity contribution in [2.24, 2.45) is 16.5 Å². The summed E-state index contributed by atoms with van der Waals surface area (Å²) in [5, 5.41) is 7.64. The fraction of sp³-hybridized carbons (Fsp3) is 0.500. The first-order valence-corrected chi connectivity index (χ1v) is 3.60. The van der Waals surface area contributed by atoms with Gasteiger partial charge in [-0.25, -0.2) is 0 Å². The largest absolute Gasteiger partial charge is 0.370 e. The Kier molecular flexibility index (Phi) is 2.62. The highest BCUT2D eigenvalue weighted by molar-refractivity contribution is 5.75. The molecule has 66 valence electrons. The van der Waals surface area contributed by atoms with Gasteiger partial charge in [-0.3, -0.25) is 9.67 Å². The molecule has 0 unspecified atom stereocenters. The molecule has 1 aromatic rings. The third-order valence-corrected chi connectivity index (χ3v) is 1.28. The normalized spacial score (nSPS) is 9.75. The van der Waals surface area contributed by atoms with Gasteiger partial charge in [0.2, 0.25) is 0 Å². The predicted octanol–water partition coefficient (Wildman–Crippen LogP) is -1.14. The van der Waals surface area contributed by atoms with Crippen molar-refractivity contribution >= 4 is 5.96 Å². The van der Waals surface area contributed by atoms with Gasteiger partial charge in [-0.15, -0.1) is 5.10 Å². The second-order valence-electron chi connectivity index (χ2n) is 2.43. The Hall–Kier alpha value is -1.59. The summed E-state index contributed by atoms with van der Waals surface area (Å²) in [6, 6.07) is 0. The number of aryl methyl sites for hydroxylation is 1. The molecule has 0 spiro atoms. The van der Waals surface area contributed by atoms with Crippen molar-refractivity contribution in [1.82, 2.24) is 15.0 Å². The summed E-state index contributed by atoms with van der Waals surface area (Å²) in [6.45, 7) is 3.06. The molecule has 0 aliphatic heterocycles. The smallest absolute Gasteiger partial charge is 0.185 e. The first-order chi connectivity index (χ1) is 5.68. The molecular weight excluding hydrogens is 156 g/mol. The van der Waals surface area contributed by atoms with Crippen molar-refractivity contribution in [3.63, 3.8) is 0 Å². The molecule has 0 saturated heterocycles. The van der Waals surface area contributed by atoms with E-state index in [2.05, 4.69) is 15.3 Å². The zero-order valence-corrected chi connectivity index (χ0v) is 6.94. The van der Waals surface area contributed by atoms with Crippen LogP contribution < -0.4 is 11.5 Å². The number of nitrogens with zero attached hydrogens (tertiary/aromatic N) is 4. The Morgan fingerprint density at radius 2 is 2.42 bits per heavy atom. The van der Waals surface area contributed by atoms with Crippen LogP contribution >= 0.6 is 0 Å². The number of aliphatic imine (C=N–C) groups is 1. The zero-order chi connectivity index (χ0) is 8.97. The molecule has 6 heteroatoms. The minimum atomic E-state index is 0.104. The lowest BCUT2D eigenvalue weighted by atomic mass is 10.5. The Bertz CT molecular complexity index is 271. The van der Waals surface area contributed by atoms with E-state index in [4.69, 9.17) is 11.5 Å². The molecule has 0 radical (unpaired) electrons. The van der Waals surface area contributed by atoms with E-state index >= 15 is 0 Å². The van der Waals surface area contributed by atoms with Crippen LogP contribution in [0, 0.1) is 6.92 Å². The molecule has 0 fully saturated rings. The van der Waals surface area contributed by atoms with Crippen LogP contribution in [0.15, 0.2) is 11.2 Å². The molecule has 0 amide bonds. The van der Waals surface area contributed by atoms with Gasteiger partial charge < -0.3 is 11.5 Å². The first-order valence-electron chi connectivity index (χ1n) is 3.60. The summed E-state index contributed by atoms with van der Waals surface area (Å²) < 4.78 is 1.70. The highest BCUT2D eigenvalue weighted by Crippen LogP contribution is 1.88. The van der Waals surface area contributed by atoms with Crippen LogP contribution in [0.25, 0.3) is 0 Å². The second-order valence-corrected chi connectivity index (χ2v) is 2.43. The number of guanidine groups is 1. The number of nitrogens with two attached hydrogens (primary N) is 2. The summed E-state index contributed by atoms with van der Waals surface area (Å²) in [5.41, 5.74) is 11.2. The third-order valence-electron chi connectivity index (χ3n) is 1.28. The lowest BCUT2D eigenvalue weighted by molar-refractivity contribution is 0.598. The molecule has 0 saturated carbocycles. The monoisotopic (exact) mass is 168 g/mol. The molecular formula is C6H12N6. The SMILES string of the molecule is Cc1cn(CCN=C(N)N)nn1. The van der Waals surface area contributed by atoms with E-state index in [9.17, 15) is 0 Å². The van der Waals surface area contributed by atoms with Crippen molar-refractivity contribution in [2.45, 2.75) is 13.5 Å². The topological polar surface area (TPSA) is 95.1 Å². The van der Waals surface area contributed by atoms with E-state index in [1.807, 2.05) is 13.1 Å². The van der Waals surface area contributed by atoms with Crippen LogP contribution in [0.2, 0.25) is 0 Å². The van der Waals surface area contributed by atoms with E-state index in [0.29, 0.717) is 13.1 Å². The van der Waals surface area contributed by atoms with Crippen LogP contribution in [0.4, 0.5) is 0 Å². The number of hydrogen-bond donors (Lipinski definition) is 2. The Balaban J connectivity index is 2.38.